The molecule has 0 spiro atoms. The van der Waals surface area contributed by atoms with Gasteiger partial charge >= 0.3 is 0 Å². The van der Waals surface area contributed by atoms with Gasteiger partial charge in [-0.3, -0.25) is 4.98 Å². The second kappa shape index (κ2) is 6.59. The van der Waals surface area contributed by atoms with E-state index in [1.54, 1.807) is 12.1 Å². The molecule has 0 unspecified atom stereocenters. The fourth-order valence-corrected chi connectivity index (χ4v) is 3.31. The molecule has 6 nitrogen and oxygen atoms in total. The van der Waals surface area contributed by atoms with Gasteiger partial charge in [-0.15, -0.1) is 0 Å². The summed E-state index contributed by atoms with van der Waals surface area (Å²) in [6, 6.07) is 9.92. The van der Waals surface area contributed by atoms with Crippen molar-refractivity contribution in [3.63, 3.8) is 0 Å². The number of imidazole rings is 1. The Hall–Kier alpha value is -3.05. The van der Waals surface area contributed by atoms with Crippen LogP contribution in [0, 0.1) is 6.57 Å². The third kappa shape index (κ3) is 3.22. The molecule has 1 atom stereocenters. The van der Waals surface area contributed by atoms with Crippen molar-refractivity contribution in [3.8, 4) is 0 Å². The first-order valence-corrected chi connectivity index (χ1v) is 8.64. The molecule has 1 aliphatic heterocycles. The highest BCUT2D eigenvalue weighted by atomic mass is 19.3. The molecule has 27 heavy (non-hydrogen) atoms. The standard InChI is InChI=1S/C19H18F2N6/c1-23-13-6-7-14(24-10-13)11-27-16-5-3-2-4-15(16)25-18(27)26-9-8-19(20,21)17(22)12-26/h2-7,10,17H,8-9,11-12,22H2/t17-/m1/s1. The maximum Gasteiger partial charge on any atom is 0.266 e. The number of pyridine rings is 1. The van der Waals surface area contributed by atoms with E-state index < -0.39 is 12.0 Å². The molecule has 0 amide bonds. The molecule has 2 aromatic heterocycles. The van der Waals surface area contributed by atoms with Gasteiger partial charge in [0, 0.05) is 25.7 Å². The Bertz CT molecular complexity index is 1010. The lowest BCUT2D eigenvalue weighted by atomic mass is 10.0. The van der Waals surface area contributed by atoms with Crippen LogP contribution in [0.1, 0.15) is 12.1 Å². The van der Waals surface area contributed by atoms with Crippen LogP contribution in [0.4, 0.5) is 20.4 Å². The van der Waals surface area contributed by atoms with Gasteiger partial charge in [-0.1, -0.05) is 18.2 Å². The second-order valence-electron chi connectivity index (χ2n) is 6.67. The van der Waals surface area contributed by atoms with Gasteiger partial charge < -0.3 is 15.2 Å². The number of benzene rings is 1. The smallest absolute Gasteiger partial charge is 0.266 e. The van der Waals surface area contributed by atoms with Crippen LogP contribution in [0.3, 0.4) is 0 Å². The lowest BCUT2D eigenvalue weighted by molar-refractivity contribution is -0.0395. The van der Waals surface area contributed by atoms with Crippen molar-refractivity contribution >= 4 is 22.7 Å². The van der Waals surface area contributed by atoms with Crippen molar-refractivity contribution in [2.45, 2.75) is 24.9 Å². The highest BCUT2D eigenvalue weighted by molar-refractivity contribution is 5.79. The molecule has 0 aliphatic carbocycles. The molecular formula is C19H18F2N6. The Balaban J connectivity index is 1.72. The highest BCUT2D eigenvalue weighted by Gasteiger charge is 2.42. The number of alkyl halides is 2. The average Bonchev–Trinajstić information content (AvgIpc) is 3.03. The van der Waals surface area contributed by atoms with E-state index in [4.69, 9.17) is 12.3 Å². The first-order valence-electron chi connectivity index (χ1n) is 8.64. The van der Waals surface area contributed by atoms with Crippen molar-refractivity contribution in [1.82, 2.24) is 14.5 Å². The van der Waals surface area contributed by atoms with Crippen LogP contribution < -0.4 is 10.6 Å². The molecule has 0 bridgehead atoms. The Morgan fingerprint density at radius 2 is 2.07 bits per heavy atom. The molecule has 8 heteroatoms. The van der Waals surface area contributed by atoms with Crippen LogP contribution in [0.25, 0.3) is 15.9 Å². The Morgan fingerprint density at radius 3 is 2.78 bits per heavy atom. The summed E-state index contributed by atoms with van der Waals surface area (Å²) in [5.41, 5.74) is 8.62. The van der Waals surface area contributed by atoms with Crippen LogP contribution in [0.5, 0.6) is 0 Å². The van der Waals surface area contributed by atoms with Crippen LogP contribution in [0.2, 0.25) is 0 Å². The van der Waals surface area contributed by atoms with Gasteiger partial charge in [0.05, 0.1) is 35.9 Å². The van der Waals surface area contributed by atoms with Crippen molar-refractivity contribution < 1.29 is 8.78 Å². The van der Waals surface area contributed by atoms with Gasteiger partial charge in [0.1, 0.15) is 0 Å². The Labute approximate surface area is 155 Å². The minimum Gasteiger partial charge on any atom is -0.340 e. The van der Waals surface area contributed by atoms with Crippen LogP contribution in [-0.2, 0) is 6.54 Å². The number of hydrogen-bond donors (Lipinski definition) is 1. The summed E-state index contributed by atoms with van der Waals surface area (Å²) in [5.74, 6) is -2.25. The fraction of sp³-hybridized carbons (Fsp3) is 0.316. The third-order valence-corrected chi connectivity index (χ3v) is 4.85. The first-order chi connectivity index (χ1) is 13.0. The van der Waals surface area contributed by atoms with Gasteiger partial charge in [-0.05, 0) is 18.2 Å². The molecule has 4 rings (SSSR count). The molecule has 0 radical (unpaired) electrons. The fourth-order valence-electron chi connectivity index (χ4n) is 3.31. The summed E-state index contributed by atoms with van der Waals surface area (Å²) in [5, 5.41) is 0. The maximum absolute atomic E-state index is 13.8. The summed E-state index contributed by atoms with van der Waals surface area (Å²) < 4.78 is 29.6. The van der Waals surface area contributed by atoms with E-state index in [1.165, 1.54) is 6.20 Å². The average molecular weight is 368 g/mol. The zero-order valence-corrected chi connectivity index (χ0v) is 14.5. The second-order valence-corrected chi connectivity index (χ2v) is 6.67. The summed E-state index contributed by atoms with van der Waals surface area (Å²) in [6.45, 7) is 7.68. The van der Waals surface area contributed by atoms with E-state index in [0.717, 1.165) is 16.7 Å². The quantitative estimate of drug-likeness (QED) is 0.721. The SMILES string of the molecule is [C-]#[N+]c1ccc(Cn2c(N3CCC(F)(F)[C@H](N)C3)nc3ccccc32)nc1. The molecule has 1 aromatic carbocycles. The van der Waals surface area contributed by atoms with Crippen LogP contribution in [-0.4, -0.2) is 39.6 Å². The molecule has 3 heterocycles. The molecule has 1 fully saturated rings. The number of para-hydroxylation sites is 2. The maximum atomic E-state index is 13.8. The third-order valence-electron chi connectivity index (χ3n) is 4.85. The molecule has 0 saturated carbocycles. The van der Waals surface area contributed by atoms with E-state index in [2.05, 4.69) is 14.8 Å². The van der Waals surface area contributed by atoms with Crippen molar-refractivity contribution in [1.29, 1.82) is 0 Å². The van der Waals surface area contributed by atoms with Crippen molar-refractivity contribution in [2.24, 2.45) is 5.73 Å². The minimum absolute atomic E-state index is 0.0421. The normalized spacial score (nSPS) is 19.2. The van der Waals surface area contributed by atoms with E-state index in [-0.39, 0.29) is 19.5 Å². The topological polar surface area (TPSA) is 64.3 Å². The van der Waals surface area contributed by atoms with Crippen LogP contribution in [0.15, 0.2) is 42.6 Å². The van der Waals surface area contributed by atoms with Gasteiger partial charge in [-0.25, -0.2) is 18.6 Å². The zero-order chi connectivity index (χ0) is 19.0. The molecule has 2 N–H and O–H groups in total. The molecular weight excluding hydrogens is 350 g/mol. The largest absolute Gasteiger partial charge is 0.340 e. The zero-order valence-electron chi connectivity index (χ0n) is 14.5. The van der Waals surface area contributed by atoms with E-state index in [1.807, 2.05) is 33.7 Å². The molecule has 3 aromatic rings. The predicted octanol–water partition coefficient (Wildman–Crippen LogP) is 3.20. The number of anilines is 1. The number of piperidine rings is 1. The van der Waals surface area contributed by atoms with E-state index >= 15 is 0 Å². The lowest BCUT2D eigenvalue weighted by Gasteiger charge is -2.37. The minimum atomic E-state index is -2.86. The Kier molecular flexibility index (Phi) is 4.24. The van der Waals surface area contributed by atoms with Gasteiger partial charge in [0.15, 0.2) is 0 Å². The first kappa shape index (κ1) is 17.4. The number of hydrogen-bond acceptors (Lipinski definition) is 4. The van der Waals surface area contributed by atoms with Gasteiger partial charge in [0.2, 0.25) is 11.6 Å². The summed E-state index contributed by atoms with van der Waals surface area (Å²) >= 11 is 0. The predicted molar refractivity (Wildman–Crippen MR) is 99.1 cm³/mol. The van der Waals surface area contributed by atoms with E-state index in [0.29, 0.717) is 18.2 Å². The van der Waals surface area contributed by atoms with E-state index in [9.17, 15) is 8.78 Å². The molecule has 138 valence electrons. The van der Waals surface area contributed by atoms with Crippen molar-refractivity contribution in [3.05, 3.63) is 59.7 Å². The van der Waals surface area contributed by atoms with Gasteiger partial charge in [0.25, 0.3) is 5.92 Å². The number of rotatable bonds is 3. The summed E-state index contributed by atoms with van der Waals surface area (Å²) in [6.07, 6.45) is 1.23. The van der Waals surface area contributed by atoms with Crippen LogP contribution >= 0.6 is 0 Å². The number of nitrogens with zero attached hydrogens (tertiary/aromatic N) is 5. The highest BCUT2D eigenvalue weighted by Crippen LogP contribution is 2.31. The summed E-state index contributed by atoms with van der Waals surface area (Å²) in [4.78, 5) is 14.2. The Morgan fingerprint density at radius 1 is 1.26 bits per heavy atom. The summed E-state index contributed by atoms with van der Waals surface area (Å²) in [7, 11) is 0. The molecule has 1 saturated heterocycles. The van der Waals surface area contributed by atoms with Crippen molar-refractivity contribution in [2.75, 3.05) is 18.0 Å². The monoisotopic (exact) mass is 368 g/mol. The van der Waals surface area contributed by atoms with Gasteiger partial charge in [-0.2, -0.15) is 0 Å². The number of aromatic nitrogens is 3. The number of fused-ring (bicyclic) bond motifs is 1. The lowest BCUT2D eigenvalue weighted by Crippen LogP contribution is -2.55. The number of halogens is 2. The number of nitrogens with two attached hydrogens (primary N) is 1. The molecule has 1 aliphatic rings.